The van der Waals surface area contributed by atoms with Gasteiger partial charge < -0.3 is 20.9 Å². The number of nitrogens with two attached hydrogens (primary N) is 1. The third-order valence-electron chi connectivity index (χ3n) is 2.37. The van der Waals surface area contributed by atoms with Gasteiger partial charge in [-0.3, -0.25) is 0 Å². The quantitative estimate of drug-likeness (QED) is 0.637. The fraction of sp³-hybridized carbons (Fsp3) is 0.538. The van der Waals surface area contributed by atoms with Gasteiger partial charge >= 0.3 is 0 Å². The number of ether oxygens (including phenoxy) is 1. The van der Waals surface area contributed by atoms with Gasteiger partial charge in [0.25, 0.3) is 0 Å². The first kappa shape index (κ1) is 13.6. The van der Waals surface area contributed by atoms with Crippen LogP contribution in [0.2, 0.25) is 0 Å². The lowest BCUT2D eigenvalue weighted by Gasteiger charge is -2.12. The molecule has 0 amide bonds. The average molecular weight is 238 g/mol. The molecule has 0 heterocycles. The van der Waals surface area contributed by atoms with Crippen LogP contribution in [-0.2, 0) is 0 Å². The van der Waals surface area contributed by atoms with Gasteiger partial charge in [0.05, 0.1) is 18.4 Å². The molecule has 0 fully saturated rings. The van der Waals surface area contributed by atoms with Crippen molar-refractivity contribution in [3.63, 3.8) is 0 Å². The van der Waals surface area contributed by atoms with E-state index in [1.54, 1.807) is 6.92 Å². The molecular weight excluding hydrogens is 216 g/mol. The summed E-state index contributed by atoms with van der Waals surface area (Å²) in [5.41, 5.74) is 7.43. The molecule has 1 unspecified atom stereocenters. The minimum absolute atomic E-state index is 0.285. The van der Waals surface area contributed by atoms with Gasteiger partial charge in [0.1, 0.15) is 5.75 Å². The van der Waals surface area contributed by atoms with Crippen molar-refractivity contribution in [2.75, 3.05) is 24.2 Å². The summed E-state index contributed by atoms with van der Waals surface area (Å²) in [7, 11) is 0. The predicted molar refractivity (Wildman–Crippen MR) is 71.4 cm³/mol. The second-order valence-electron chi connectivity index (χ2n) is 4.17. The molecule has 0 spiro atoms. The number of nitrogen functional groups attached to an aromatic ring is 1. The summed E-state index contributed by atoms with van der Waals surface area (Å²) in [6.07, 6.45) is 1.39. The minimum Gasteiger partial charge on any atom is -0.491 e. The third kappa shape index (κ3) is 4.95. The zero-order valence-electron chi connectivity index (χ0n) is 10.6. The molecule has 0 radical (unpaired) electrons. The van der Waals surface area contributed by atoms with E-state index in [-0.39, 0.29) is 6.10 Å². The number of hydrogen-bond acceptors (Lipinski definition) is 4. The molecule has 0 aromatic heterocycles. The van der Waals surface area contributed by atoms with E-state index < -0.39 is 0 Å². The topological polar surface area (TPSA) is 67.5 Å². The molecule has 17 heavy (non-hydrogen) atoms. The zero-order chi connectivity index (χ0) is 12.7. The van der Waals surface area contributed by atoms with Crippen molar-refractivity contribution in [2.45, 2.75) is 32.8 Å². The highest BCUT2D eigenvalue weighted by molar-refractivity contribution is 5.61. The van der Waals surface area contributed by atoms with Crippen molar-refractivity contribution < 1.29 is 9.84 Å². The van der Waals surface area contributed by atoms with Crippen LogP contribution in [0.3, 0.4) is 0 Å². The second-order valence-corrected chi connectivity index (χ2v) is 4.17. The zero-order valence-corrected chi connectivity index (χ0v) is 10.6. The lowest BCUT2D eigenvalue weighted by atomic mass is 10.2. The van der Waals surface area contributed by atoms with Gasteiger partial charge in [0.2, 0.25) is 0 Å². The van der Waals surface area contributed by atoms with Gasteiger partial charge in [-0.15, -0.1) is 0 Å². The monoisotopic (exact) mass is 238 g/mol. The molecule has 4 N–H and O–H groups in total. The molecular formula is C13H22N2O2. The Morgan fingerprint density at radius 1 is 1.47 bits per heavy atom. The first-order valence-corrected chi connectivity index (χ1v) is 6.07. The molecule has 0 aliphatic carbocycles. The summed E-state index contributed by atoms with van der Waals surface area (Å²) >= 11 is 0. The molecule has 0 bridgehead atoms. The highest BCUT2D eigenvalue weighted by Crippen LogP contribution is 2.25. The van der Waals surface area contributed by atoms with E-state index in [2.05, 4.69) is 12.2 Å². The fourth-order valence-electron chi connectivity index (χ4n) is 1.41. The first-order chi connectivity index (χ1) is 8.13. The van der Waals surface area contributed by atoms with E-state index in [4.69, 9.17) is 15.6 Å². The van der Waals surface area contributed by atoms with Gasteiger partial charge in [-0.1, -0.05) is 6.92 Å². The average Bonchev–Trinajstić information content (AvgIpc) is 2.29. The molecule has 4 nitrogen and oxygen atoms in total. The maximum Gasteiger partial charge on any atom is 0.144 e. The van der Waals surface area contributed by atoms with E-state index >= 15 is 0 Å². The Hall–Kier alpha value is -1.42. The second kappa shape index (κ2) is 7.01. The lowest BCUT2D eigenvalue weighted by molar-refractivity contribution is 0.189. The van der Waals surface area contributed by atoms with E-state index in [1.165, 1.54) is 0 Å². The van der Waals surface area contributed by atoms with E-state index in [9.17, 15) is 0 Å². The predicted octanol–water partition coefficient (Wildman–Crippen LogP) is 2.24. The molecule has 4 heteroatoms. The van der Waals surface area contributed by atoms with Crippen LogP contribution in [0, 0.1) is 0 Å². The van der Waals surface area contributed by atoms with Crippen LogP contribution in [0.4, 0.5) is 11.4 Å². The van der Waals surface area contributed by atoms with Crippen molar-refractivity contribution in [1.82, 2.24) is 0 Å². The Morgan fingerprint density at radius 3 is 2.88 bits per heavy atom. The molecule has 1 aromatic rings. The summed E-state index contributed by atoms with van der Waals surface area (Å²) in [5.74, 6) is 0.717. The SMILES string of the molecule is CCCOc1cc(NCCC(C)O)ccc1N. The maximum atomic E-state index is 9.16. The lowest BCUT2D eigenvalue weighted by Crippen LogP contribution is -2.10. The highest BCUT2D eigenvalue weighted by atomic mass is 16.5. The third-order valence-corrected chi connectivity index (χ3v) is 2.37. The Morgan fingerprint density at radius 2 is 2.24 bits per heavy atom. The molecule has 1 rings (SSSR count). The standard InChI is InChI=1S/C13H22N2O2/c1-3-8-17-13-9-11(4-5-12(13)14)15-7-6-10(2)16/h4-5,9-10,15-16H,3,6-8,14H2,1-2H3. The van der Waals surface area contributed by atoms with Crippen LogP contribution in [-0.4, -0.2) is 24.4 Å². The van der Waals surface area contributed by atoms with Crippen molar-refractivity contribution in [2.24, 2.45) is 0 Å². The number of hydrogen-bond donors (Lipinski definition) is 3. The van der Waals surface area contributed by atoms with Crippen LogP contribution in [0.15, 0.2) is 18.2 Å². The largest absolute Gasteiger partial charge is 0.491 e. The highest BCUT2D eigenvalue weighted by Gasteiger charge is 2.02. The van der Waals surface area contributed by atoms with Crippen LogP contribution in [0.5, 0.6) is 5.75 Å². The Bertz CT molecular complexity index is 340. The van der Waals surface area contributed by atoms with Gasteiger partial charge in [0, 0.05) is 18.3 Å². The smallest absolute Gasteiger partial charge is 0.144 e. The van der Waals surface area contributed by atoms with Crippen molar-refractivity contribution in [3.8, 4) is 5.75 Å². The van der Waals surface area contributed by atoms with Crippen LogP contribution in [0.25, 0.3) is 0 Å². The molecule has 96 valence electrons. The van der Waals surface area contributed by atoms with Gasteiger partial charge in [-0.2, -0.15) is 0 Å². The van der Waals surface area contributed by atoms with Crippen molar-refractivity contribution >= 4 is 11.4 Å². The molecule has 0 aliphatic heterocycles. The number of anilines is 2. The first-order valence-electron chi connectivity index (χ1n) is 6.07. The maximum absolute atomic E-state index is 9.16. The Kier molecular flexibility index (Phi) is 5.63. The van der Waals surface area contributed by atoms with Crippen LogP contribution < -0.4 is 15.8 Å². The summed E-state index contributed by atoms with van der Waals surface area (Å²) in [4.78, 5) is 0. The molecule has 1 aromatic carbocycles. The molecule has 1 atom stereocenters. The van der Waals surface area contributed by atoms with Crippen LogP contribution in [0.1, 0.15) is 26.7 Å². The fourth-order valence-corrected chi connectivity index (χ4v) is 1.41. The Balaban J connectivity index is 2.55. The van der Waals surface area contributed by atoms with E-state index in [0.717, 1.165) is 25.1 Å². The van der Waals surface area contributed by atoms with Gasteiger partial charge in [-0.25, -0.2) is 0 Å². The minimum atomic E-state index is -0.285. The number of aliphatic hydroxyl groups excluding tert-OH is 1. The van der Waals surface area contributed by atoms with Crippen molar-refractivity contribution in [1.29, 1.82) is 0 Å². The van der Waals surface area contributed by atoms with Crippen LogP contribution >= 0.6 is 0 Å². The normalized spacial score (nSPS) is 12.2. The number of nitrogens with one attached hydrogen (secondary N) is 1. The molecule has 0 saturated carbocycles. The summed E-state index contributed by atoms with van der Waals surface area (Å²) in [6, 6.07) is 5.64. The van der Waals surface area contributed by atoms with Gasteiger partial charge in [-0.05, 0) is 31.9 Å². The number of aliphatic hydroxyl groups is 1. The van der Waals surface area contributed by atoms with Crippen molar-refractivity contribution in [3.05, 3.63) is 18.2 Å². The Labute approximate surface area is 103 Å². The van der Waals surface area contributed by atoms with Gasteiger partial charge in [0.15, 0.2) is 0 Å². The number of rotatable bonds is 7. The summed E-state index contributed by atoms with van der Waals surface area (Å²) in [5, 5.41) is 12.4. The summed E-state index contributed by atoms with van der Waals surface area (Å²) in [6.45, 7) is 5.23. The van der Waals surface area contributed by atoms with E-state index in [1.807, 2.05) is 18.2 Å². The van der Waals surface area contributed by atoms with E-state index in [0.29, 0.717) is 18.0 Å². The molecule has 0 saturated heterocycles. The summed E-state index contributed by atoms with van der Waals surface area (Å²) < 4.78 is 5.54. The number of benzene rings is 1. The molecule has 0 aliphatic rings.